The molecule has 1 spiro atoms. The number of hydrogen-bond donors (Lipinski definition) is 1. The molecule has 2 fully saturated rings. The largest absolute Gasteiger partial charge is 0.476 e. The van der Waals surface area contributed by atoms with Crippen LogP contribution in [0.15, 0.2) is 41.0 Å². The van der Waals surface area contributed by atoms with E-state index in [4.69, 9.17) is 21.6 Å². The first-order valence-electron chi connectivity index (χ1n) is 9.30. The van der Waals surface area contributed by atoms with E-state index in [-0.39, 0.29) is 17.4 Å². The Balaban J connectivity index is 1.78. The van der Waals surface area contributed by atoms with Gasteiger partial charge < -0.3 is 10.1 Å². The number of nitriles is 1. The van der Waals surface area contributed by atoms with E-state index in [0.29, 0.717) is 22.2 Å². The average Bonchev–Trinajstić information content (AvgIpc) is 3.44. The van der Waals surface area contributed by atoms with E-state index in [0.717, 1.165) is 25.2 Å². The third-order valence-corrected chi connectivity index (χ3v) is 5.79. The highest BCUT2D eigenvalue weighted by Crippen LogP contribution is 2.51. The normalized spacial score (nSPS) is 22.8. The second kappa shape index (κ2) is 8.24. The van der Waals surface area contributed by atoms with Crippen molar-refractivity contribution >= 4 is 28.9 Å². The predicted molar refractivity (Wildman–Crippen MR) is 110 cm³/mol. The minimum absolute atomic E-state index is 0.0969. The molecule has 0 radical (unpaired) electrons. The molecule has 0 aromatic heterocycles. The maximum atomic E-state index is 8.97. The lowest BCUT2D eigenvalue weighted by Gasteiger charge is -2.34. The molecule has 0 amide bonds. The molecule has 2 atom stereocenters. The van der Waals surface area contributed by atoms with E-state index in [1.807, 2.05) is 13.8 Å². The fraction of sp³-hybridized carbons (Fsp3) is 0.476. The number of benzene rings is 1. The summed E-state index contributed by atoms with van der Waals surface area (Å²) >= 11 is 6.26. The first kappa shape index (κ1) is 19.6. The van der Waals surface area contributed by atoms with Crippen molar-refractivity contribution in [2.24, 2.45) is 21.3 Å². The molecule has 1 aliphatic heterocycles. The van der Waals surface area contributed by atoms with Crippen LogP contribution < -0.4 is 5.32 Å². The van der Waals surface area contributed by atoms with Crippen molar-refractivity contribution < 1.29 is 4.74 Å². The Morgan fingerprint density at radius 1 is 1.52 bits per heavy atom. The number of nitrogens with one attached hydrogen (secondary N) is 1. The first-order valence-corrected chi connectivity index (χ1v) is 9.68. The molecule has 2 unspecified atom stereocenters. The van der Waals surface area contributed by atoms with Gasteiger partial charge in [-0.3, -0.25) is 4.99 Å². The molecule has 3 rings (SSSR count). The van der Waals surface area contributed by atoms with Crippen molar-refractivity contribution in [3.63, 3.8) is 0 Å². The standard InChI is InChI=1S/C21H25ClN4O/c1-4-25-20(27-19-7-10-24-13-21(19)8-9-21)14(2)15(3)26-18-6-5-16(12-23)11-17(18)22/h4-6,11,14,19,24H,1,7-10,13H2,2-3H3. The third-order valence-electron chi connectivity index (χ3n) is 5.49. The Morgan fingerprint density at radius 3 is 2.93 bits per heavy atom. The highest BCUT2D eigenvalue weighted by Gasteiger charge is 2.52. The molecule has 2 aliphatic rings. The van der Waals surface area contributed by atoms with Gasteiger partial charge in [-0.05, 0) is 57.9 Å². The summed E-state index contributed by atoms with van der Waals surface area (Å²) < 4.78 is 6.38. The molecule has 1 saturated heterocycles. The Labute approximate surface area is 165 Å². The second-order valence-corrected chi connectivity index (χ2v) is 7.74. The zero-order chi connectivity index (χ0) is 19.4. The number of halogens is 1. The van der Waals surface area contributed by atoms with Crippen LogP contribution in [0, 0.1) is 22.7 Å². The van der Waals surface area contributed by atoms with Crippen molar-refractivity contribution in [2.45, 2.75) is 39.2 Å². The molecule has 5 nitrogen and oxygen atoms in total. The maximum Gasteiger partial charge on any atom is 0.196 e. The fourth-order valence-electron chi connectivity index (χ4n) is 3.45. The van der Waals surface area contributed by atoms with Gasteiger partial charge in [0.25, 0.3) is 0 Å². The van der Waals surface area contributed by atoms with Crippen molar-refractivity contribution in [3.05, 3.63) is 41.6 Å². The van der Waals surface area contributed by atoms with E-state index in [1.54, 1.807) is 18.2 Å². The van der Waals surface area contributed by atoms with Gasteiger partial charge in [-0.15, -0.1) is 0 Å². The first-order chi connectivity index (χ1) is 13.0. The molecule has 1 aliphatic carbocycles. The predicted octanol–water partition coefficient (Wildman–Crippen LogP) is 4.64. The number of piperidine rings is 1. The van der Waals surface area contributed by atoms with Gasteiger partial charge in [-0.2, -0.15) is 5.26 Å². The molecule has 27 heavy (non-hydrogen) atoms. The van der Waals surface area contributed by atoms with E-state index < -0.39 is 0 Å². The molecule has 1 saturated carbocycles. The Morgan fingerprint density at radius 2 is 2.30 bits per heavy atom. The summed E-state index contributed by atoms with van der Waals surface area (Å²) in [6.45, 7) is 9.68. The summed E-state index contributed by atoms with van der Waals surface area (Å²) in [4.78, 5) is 9.05. The van der Waals surface area contributed by atoms with Gasteiger partial charge in [0.1, 0.15) is 6.10 Å². The number of ether oxygens (including phenoxy) is 1. The summed E-state index contributed by atoms with van der Waals surface area (Å²) in [7, 11) is 0. The smallest absolute Gasteiger partial charge is 0.196 e. The Hall–Kier alpha value is -2.16. The lowest BCUT2D eigenvalue weighted by Crippen LogP contribution is -2.44. The molecular weight excluding hydrogens is 360 g/mol. The summed E-state index contributed by atoms with van der Waals surface area (Å²) in [6.07, 6.45) is 5.10. The van der Waals surface area contributed by atoms with Crippen LogP contribution in [0.4, 0.5) is 5.69 Å². The molecule has 0 bridgehead atoms. The van der Waals surface area contributed by atoms with Crippen LogP contribution in [0.1, 0.15) is 38.7 Å². The zero-order valence-corrected chi connectivity index (χ0v) is 16.6. The van der Waals surface area contributed by atoms with Gasteiger partial charge in [0, 0.05) is 23.9 Å². The quantitative estimate of drug-likeness (QED) is 0.593. The van der Waals surface area contributed by atoms with Crippen LogP contribution in [0.3, 0.4) is 0 Å². The monoisotopic (exact) mass is 384 g/mol. The summed E-state index contributed by atoms with van der Waals surface area (Å²) in [5, 5.41) is 12.9. The van der Waals surface area contributed by atoms with Crippen molar-refractivity contribution in [1.29, 1.82) is 5.26 Å². The molecule has 142 valence electrons. The van der Waals surface area contributed by atoms with Crippen molar-refractivity contribution in [2.75, 3.05) is 13.1 Å². The molecule has 6 heteroatoms. The van der Waals surface area contributed by atoms with Crippen LogP contribution in [0.5, 0.6) is 0 Å². The molecule has 1 heterocycles. The van der Waals surface area contributed by atoms with Crippen LogP contribution in [0.25, 0.3) is 0 Å². The third kappa shape index (κ3) is 4.40. The lowest BCUT2D eigenvalue weighted by molar-refractivity contribution is 0.0717. The van der Waals surface area contributed by atoms with Crippen LogP contribution in [-0.4, -0.2) is 30.8 Å². The summed E-state index contributed by atoms with van der Waals surface area (Å²) in [5.74, 6) is 0.551. The zero-order valence-electron chi connectivity index (χ0n) is 15.8. The molecular formula is C21H25ClN4O. The van der Waals surface area contributed by atoms with Crippen molar-refractivity contribution in [3.8, 4) is 6.07 Å². The highest BCUT2D eigenvalue weighted by atomic mass is 35.5. The van der Waals surface area contributed by atoms with Gasteiger partial charge in [-0.25, -0.2) is 4.99 Å². The van der Waals surface area contributed by atoms with Gasteiger partial charge in [-0.1, -0.05) is 18.2 Å². The molecule has 1 aromatic rings. The van der Waals surface area contributed by atoms with Gasteiger partial charge in [0.05, 0.1) is 28.3 Å². The topological polar surface area (TPSA) is 69.8 Å². The van der Waals surface area contributed by atoms with E-state index in [1.165, 1.54) is 19.0 Å². The molecule has 1 aromatic carbocycles. The van der Waals surface area contributed by atoms with Crippen LogP contribution in [0.2, 0.25) is 5.02 Å². The molecule has 1 N–H and O–H groups in total. The number of aliphatic imine (C=N–C) groups is 2. The second-order valence-electron chi connectivity index (χ2n) is 7.34. The van der Waals surface area contributed by atoms with E-state index in [2.05, 4.69) is 27.9 Å². The number of nitrogens with zero attached hydrogens (tertiary/aromatic N) is 3. The number of hydrogen-bond acceptors (Lipinski definition) is 5. The fourth-order valence-corrected chi connectivity index (χ4v) is 3.67. The highest BCUT2D eigenvalue weighted by molar-refractivity contribution is 6.33. The lowest BCUT2D eigenvalue weighted by atomic mass is 9.92. The summed E-state index contributed by atoms with van der Waals surface area (Å²) in [5.41, 5.74) is 2.27. The minimum atomic E-state index is -0.0969. The summed E-state index contributed by atoms with van der Waals surface area (Å²) in [6, 6.07) is 7.17. The van der Waals surface area contributed by atoms with Crippen LogP contribution >= 0.6 is 11.6 Å². The Kier molecular flexibility index (Phi) is 5.98. The van der Waals surface area contributed by atoms with E-state index in [9.17, 15) is 0 Å². The Bertz CT molecular complexity index is 820. The van der Waals surface area contributed by atoms with Gasteiger partial charge >= 0.3 is 0 Å². The minimum Gasteiger partial charge on any atom is -0.476 e. The van der Waals surface area contributed by atoms with E-state index >= 15 is 0 Å². The van der Waals surface area contributed by atoms with Gasteiger partial charge in [0.2, 0.25) is 0 Å². The van der Waals surface area contributed by atoms with Crippen molar-refractivity contribution in [1.82, 2.24) is 5.32 Å². The van der Waals surface area contributed by atoms with Gasteiger partial charge in [0.15, 0.2) is 5.90 Å². The maximum absolute atomic E-state index is 8.97. The number of rotatable bonds is 5. The van der Waals surface area contributed by atoms with Crippen LogP contribution in [-0.2, 0) is 4.74 Å². The average molecular weight is 385 g/mol. The SMILES string of the molecule is C=CN=C(OC1CCNCC12CC2)C(C)C(C)=Nc1ccc(C#N)cc1Cl.